The highest BCUT2D eigenvalue weighted by Gasteiger charge is 2.62. The number of fused-ring (bicyclic) bond motifs is 5. The Morgan fingerprint density at radius 3 is 2.75 bits per heavy atom. The van der Waals surface area contributed by atoms with Gasteiger partial charge in [0.2, 0.25) is 0 Å². The average Bonchev–Trinajstić information content (AvgIpc) is 2.83. The van der Waals surface area contributed by atoms with Gasteiger partial charge in [0, 0.05) is 5.92 Å². The molecule has 0 aliphatic heterocycles. The second-order valence-corrected chi connectivity index (χ2v) is 9.29. The molecule has 3 saturated carbocycles. The molecule has 0 amide bonds. The maximum Gasteiger partial charge on any atom is 0.133 e. The van der Waals surface area contributed by atoms with Crippen molar-refractivity contribution >= 4 is 5.78 Å². The summed E-state index contributed by atoms with van der Waals surface area (Å²) in [6.45, 7) is 5.91. The van der Waals surface area contributed by atoms with Crippen LogP contribution in [-0.2, 0) is 4.79 Å². The Kier molecular flexibility index (Phi) is 3.27. The Labute approximate surface area is 148 Å². The van der Waals surface area contributed by atoms with Crippen LogP contribution in [0.5, 0.6) is 0 Å². The molecule has 0 saturated heterocycles. The van der Waals surface area contributed by atoms with Crippen LogP contribution in [0.15, 0.2) is 11.6 Å². The van der Waals surface area contributed by atoms with Gasteiger partial charge in [0.05, 0.1) is 14.9 Å². The SMILES string of the molecule is [2H]C1(O)CC2(C)C(CC[C@@H]2C(C)=O)C2CC=C3C[C@@]([2H])(O)CC[C@]3(C)C21. The summed E-state index contributed by atoms with van der Waals surface area (Å²) in [4.78, 5) is 12.2. The van der Waals surface area contributed by atoms with Crippen molar-refractivity contribution in [2.75, 3.05) is 0 Å². The maximum atomic E-state index is 12.2. The molecule has 134 valence electrons. The fraction of sp³-hybridized carbons (Fsp3) is 0.857. The molecule has 0 heterocycles. The molecular formula is C21H32O3. The minimum atomic E-state index is -1.57. The van der Waals surface area contributed by atoms with E-state index in [4.69, 9.17) is 2.74 Å². The summed E-state index contributed by atoms with van der Waals surface area (Å²) < 4.78 is 17.0. The molecule has 4 aliphatic rings. The maximum absolute atomic E-state index is 12.2. The van der Waals surface area contributed by atoms with Gasteiger partial charge in [-0.05, 0) is 80.5 Å². The Hall–Kier alpha value is -0.670. The predicted octanol–water partition coefficient (Wildman–Crippen LogP) is 3.49. The van der Waals surface area contributed by atoms with Crippen molar-refractivity contribution < 1.29 is 17.7 Å². The van der Waals surface area contributed by atoms with Crippen molar-refractivity contribution in [3.63, 3.8) is 0 Å². The summed E-state index contributed by atoms with van der Waals surface area (Å²) >= 11 is 0. The second kappa shape index (κ2) is 5.41. The Morgan fingerprint density at radius 1 is 1.29 bits per heavy atom. The van der Waals surface area contributed by atoms with E-state index in [-0.39, 0.29) is 34.4 Å². The van der Waals surface area contributed by atoms with Crippen molar-refractivity contribution in [2.45, 2.75) is 77.9 Å². The van der Waals surface area contributed by atoms with Crippen LogP contribution < -0.4 is 0 Å². The van der Waals surface area contributed by atoms with Gasteiger partial charge in [-0.1, -0.05) is 25.5 Å². The number of hydrogen-bond donors (Lipinski definition) is 2. The fourth-order valence-electron chi connectivity index (χ4n) is 7.02. The van der Waals surface area contributed by atoms with E-state index < -0.39 is 12.2 Å². The number of Topliss-reactive ketones (excluding diaryl/α,β-unsaturated/α-hetero) is 1. The monoisotopic (exact) mass is 334 g/mol. The first-order valence-corrected chi connectivity index (χ1v) is 9.55. The number of allylic oxidation sites excluding steroid dienone is 1. The molecule has 0 aromatic heterocycles. The average molecular weight is 334 g/mol. The molecule has 0 bridgehead atoms. The molecular weight excluding hydrogens is 300 g/mol. The molecule has 8 atom stereocenters. The highest BCUT2D eigenvalue weighted by Crippen LogP contribution is 2.66. The molecule has 2 N–H and O–H groups in total. The van der Waals surface area contributed by atoms with E-state index >= 15 is 0 Å². The minimum absolute atomic E-state index is 0.0480. The van der Waals surface area contributed by atoms with Crippen LogP contribution in [0.2, 0.25) is 0 Å². The van der Waals surface area contributed by atoms with Crippen molar-refractivity contribution in [3.05, 3.63) is 11.6 Å². The molecule has 0 spiro atoms. The van der Waals surface area contributed by atoms with Gasteiger partial charge in [-0.15, -0.1) is 0 Å². The first-order chi connectivity index (χ1) is 11.9. The highest BCUT2D eigenvalue weighted by atomic mass is 16.3. The van der Waals surface area contributed by atoms with Crippen molar-refractivity contribution in [2.24, 2.45) is 34.5 Å². The second-order valence-electron chi connectivity index (χ2n) is 9.29. The van der Waals surface area contributed by atoms with Gasteiger partial charge in [0.15, 0.2) is 0 Å². The third-order valence-corrected chi connectivity index (χ3v) is 8.15. The van der Waals surface area contributed by atoms with E-state index in [1.54, 1.807) is 6.92 Å². The smallest absolute Gasteiger partial charge is 0.133 e. The lowest BCUT2D eigenvalue weighted by Crippen LogP contribution is -2.56. The van der Waals surface area contributed by atoms with Crippen LogP contribution in [-0.4, -0.2) is 28.2 Å². The molecule has 3 heteroatoms. The number of aliphatic hydroxyl groups is 2. The zero-order valence-corrected chi connectivity index (χ0v) is 15.1. The number of ketones is 1. The first-order valence-electron chi connectivity index (χ1n) is 10.6. The topological polar surface area (TPSA) is 57.5 Å². The van der Waals surface area contributed by atoms with E-state index in [9.17, 15) is 15.0 Å². The Morgan fingerprint density at radius 2 is 2.04 bits per heavy atom. The zero-order valence-electron chi connectivity index (χ0n) is 17.1. The third kappa shape index (κ3) is 2.13. The Bertz CT molecular complexity index is 670. The minimum Gasteiger partial charge on any atom is -0.393 e. The lowest BCUT2D eigenvalue weighted by Gasteiger charge is -2.59. The predicted molar refractivity (Wildman–Crippen MR) is 93.3 cm³/mol. The van der Waals surface area contributed by atoms with Crippen LogP contribution >= 0.6 is 0 Å². The van der Waals surface area contributed by atoms with Gasteiger partial charge in [-0.2, -0.15) is 0 Å². The van der Waals surface area contributed by atoms with Crippen LogP contribution in [0.25, 0.3) is 0 Å². The molecule has 24 heavy (non-hydrogen) atoms. The van der Waals surface area contributed by atoms with Crippen molar-refractivity contribution in [3.8, 4) is 0 Å². The van der Waals surface area contributed by atoms with Gasteiger partial charge in [0.1, 0.15) is 5.78 Å². The van der Waals surface area contributed by atoms with Gasteiger partial charge >= 0.3 is 0 Å². The molecule has 0 aromatic rings. The summed E-state index contributed by atoms with van der Waals surface area (Å²) in [5.74, 6) is 0.521. The van der Waals surface area contributed by atoms with Gasteiger partial charge in [-0.3, -0.25) is 4.79 Å². The largest absolute Gasteiger partial charge is 0.393 e. The van der Waals surface area contributed by atoms with Gasteiger partial charge < -0.3 is 10.2 Å². The normalized spacial score (nSPS) is 61.0. The molecule has 5 unspecified atom stereocenters. The third-order valence-electron chi connectivity index (χ3n) is 8.15. The van der Waals surface area contributed by atoms with E-state index in [0.29, 0.717) is 31.6 Å². The zero-order chi connectivity index (χ0) is 19.1. The lowest BCUT2D eigenvalue weighted by atomic mass is 9.46. The summed E-state index contributed by atoms with van der Waals surface area (Å²) in [7, 11) is 0. The quantitative estimate of drug-likeness (QED) is 0.722. The highest BCUT2D eigenvalue weighted by molar-refractivity contribution is 5.79. The van der Waals surface area contributed by atoms with Crippen molar-refractivity contribution in [1.29, 1.82) is 0 Å². The standard InChI is InChI=1S/C21H32O3/c1-12(22)16-6-7-17-15-5-4-13-10-14(23)8-9-20(13,2)19(15)18(24)11-21(16,17)3/h4,14-19,23-24H,5-11H2,1-3H3/t14-,15?,16+,17?,18?,19?,20-,21?/m0/s1/i14D,18D. The van der Waals surface area contributed by atoms with Crippen LogP contribution in [0, 0.1) is 34.5 Å². The lowest BCUT2D eigenvalue weighted by molar-refractivity contribution is -0.140. The van der Waals surface area contributed by atoms with E-state index in [0.717, 1.165) is 24.8 Å². The van der Waals surface area contributed by atoms with E-state index in [2.05, 4.69) is 19.9 Å². The molecule has 0 aromatic carbocycles. The van der Waals surface area contributed by atoms with E-state index in [1.807, 2.05) is 0 Å². The van der Waals surface area contributed by atoms with Crippen LogP contribution in [0.3, 0.4) is 0 Å². The molecule has 3 nitrogen and oxygen atoms in total. The molecule has 3 fully saturated rings. The number of carbonyl (C=O) groups is 1. The van der Waals surface area contributed by atoms with Crippen molar-refractivity contribution in [1.82, 2.24) is 0 Å². The van der Waals surface area contributed by atoms with E-state index in [1.165, 1.54) is 0 Å². The number of carbonyl (C=O) groups excluding carboxylic acids is 1. The van der Waals surface area contributed by atoms with Gasteiger partial charge in [-0.25, -0.2) is 0 Å². The summed E-state index contributed by atoms with van der Waals surface area (Å²) in [5.41, 5.74) is 0.427. The molecule has 4 rings (SSSR count). The van der Waals surface area contributed by atoms with Crippen LogP contribution in [0.4, 0.5) is 0 Å². The molecule has 4 aliphatic carbocycles. The first kappa shape index (κ1) is 14.5. The Balaban J connectivity index is 1.77. The number of hydrogen-bond acceptors (Lipinski definition) is 3. The number of rotatable bonds is 1. The molecule has 0 radical (unpaired) electrons. The summed E-state index contributed by atoms with van der Waals surface area (Å²) in [5, 5.41) is 21.6. The summed E-state index contributed by atoms with van der Waals surface area (Å²) in [6.07, 6.45) is 3.55. The summed E-state index contributed by atoms with van der Waals surface area (Å²) in [6, 6.07) is 0. The van der Waals surface area contributed by atoms with Crippen LogP contribution in [0.1, 0.15) is 68.5 Å². The fourth-order valence-corrected chi connectivity index (χ4v) is 7.02. The van der Waals surface area contributed by atoms with Gasteiger partial charge in [0.25, 0.3) is 0 Å².